The van der Waals surface area contributed by atoms with Crippen molar-refractivity contribution in [1.29, 1.82) is 0 Å². The molecule has 158 valence electrons. The Hall–Kier alpha value is -4.00. The van der Waals surface area contributed by atoms with Crippen molar-refractivity contribution in [2.45, 2.75) is 0 Å². The molecule has 0 unspecified atom stereocenters. The van der Waals surface area contributed by atoms with Crippen molar-refractivity contribution < 1.29 is 23.7 Å². The van der Waals surface area contributed by atoms with Crippen LogP contribution in [0.5, 0.6) is 23.0 Å². The van der Waals surface area contributed by atoms with Gasteiger partial charge in [-0.15, -0.1) is 0 Å². The Morgan fingerprint density at radius 3 is 1.90 bits per heavy atom. The van der Waals surface area contributed by atoms with Crippen molar-refractivity contribution in [2.75, 3.05) is 33.8 Å². The highest BCUT2D eigenvalue weighted by Crippen LogP contribution is 2.41. The van der Waals surface area contributed by atoms with E-state index in [1.807, 2.05) is 30.3 Å². The molecule has 1 amide bonds. The van der Waals surface area contributed by atoms with E-state index in [4.69, 9.17) is 18.9 Å². The molecular formula is C24H22N2O5. The van der Waals surface area contributed by atoms with Gasteiger partial charge in [0.15, 0.2) is 23.0 Å². The standard InChI is InChI=1S/C24H22N2O5/c1-28-19-10-14-9-18(24(27)26-23-7-5-6-8-25-23)17-13-22(31-4)21(30-3)12-16(17)15(14)11-20(19)29-2/h5-13H,1-4H3,(H,25,26,27). The fourth-order valence-electron chi connectivity index (χ4n) is 3.61. The molecule has 1 aromatic heterocycles. The maximum Gasteiger partial charge on any atom is 0.257 e. The van der Waals surface area contributed by atoms with Gasteiger partial charge in [-0.25, -0.2) is 4.98 Å². The minimum atomic E-state index is -0.285. The van der Waals surface area contributed by atoms with Gasteiger partial charge < -0.3 is 24.3 Å². The van der Waals surface area contributed by atoms with Gasteiger partial charge in [0.05, 0.1) is 28.4 Å². The van der Waals surface area contributed by atoms with Crippen LogP contribution in [0.25, 0.3) is 21.5 Å². The Morgan fingerprint density at radius 2 is 1.32 bits per heavy atom. The summed E-state index contributed by atoms with van der Waals surface area (Å²) in [4.78, 5) is 17.4. The number of anilines is 1. The van der Waals surface area contributed by atoms with Gasteiger partial charge in [-0.05, 0) is 64.0 Å². The molecule has 4 aromatic rings. The number of nitrogens with zero attached hydrogens (tertiary/aromatic N) is 1. The predicted octanol–water partition coefficient (Wildman–Crippen LogP) is 4.67. The summed E-state index contributed by atoms with van der Waals surface area (Å²) in [6, 6.07) is 14.6. The van der Waals surface area contributed by atoms with E-state index in [1.54, 1.807) is 52.8 Å². The van der Waals surface area contributed by atoms with E-state index in [9.17, 15) is 4.79 Å². The number of rotatable bonds is 6. The number of fused-ring (bicyclic) bond motifs is 3. The van der Waals surface area contributed by atoms with Crippen molar-refractivity contribution in [3.63, 3.8) is 0 Å². The van der Waals surface area contributed by atoms with Crippen LogP contribution in [0.2, 0.25) is 0 Å². The van der Waals surface area contributed by atoms with Gasteiger partial charge in [0, 0.05) is 11.8 Å². The SMILES string of the molecule is COc1cc2cc(C(=O)Nc3ccccn3)c3cc(OC)c(OC)cc3c2cc1OC. The van der Waals surface area contributed by atoms with Crippen molar-refractivity contribution in [3.8, 4) is 23.0 Å². The van der Waals surface area contributed by atoms with Gasteiger partial charge in [0.2, 0.25) is 0 Å². The average Bonchev–Trinajstić information content (AvgIpc) is 2.82. The number of hydrogen-bond acceptors (Lipinski definition) is 6. The van der Waals surface area contributed by atoms with E-state index in [0.29, 0.717) is 39.8 Å². The second-order valence-corrected chi connectivity index (χ2v) is 6.77. The van der Waals surface area contributed by atoms with Crippen LogP contribution in [-0.4, -0.2) is 39.3 Å². The maximum absolute atomic E-state index is 13.2. The number of carbonyl (C=O) groups is 1. The lowest BCUT2D eigenvalue weighted by Gasteiger charge is -2.16. The number of benzene rings is 3. The number of ether oxygens (including phenoxy) is 4. The summed E-state index contributed by atoms with van der Waals surface area (Å²) in [6.07, 6.45) is 1.62. The molecular weight excluding hydrogens is 396 g/mol. The van der Waals surface area contributed by atoms with Crippen molar-refractivity contribution in [2.24, 2.45) is 0 Å². The molecule has 0 radical (unpaired) electrons. The van der Waals surface area contributed by atoms with E-state index in [1.165, 1.54) is 0 Å². The Balaban J connectivity index is 2.01. The molecule has 0 fully saturated rings. The smallest absolute Gasteiger partial charge is 0.257 e. The summed E-state index contributed by atoms with van der Waals surface area (Å²) in [5.41, 5.74) is 0.473. The number of amides is 1. The molecule has 3 aromatic carbocycles. The Kier molecular flexibility index (Phi) is 5.49. The third kappa shape index (κ3) is 3.66. The average molecular weight is 418 g/mol. The molecule has 0 bridgehead atoms. The fourth-order valence-corrected chi connectivity index (χ4v) is 3.61. The monoisotopic (exact) mass is 418 g/mol. The number of aromatic nitrogens is 1. The fraction of sp³-hybridized carbons (Fsp3) is 0.167. The second-order valence-electron chi connectivity index (χ2n) is 6.77. The van der Waals surface area contributed by atoms with Crippen LogP contribution in [0.3, 0.4) is 0 Å². The topological polar surface area (TPSA) is 78.9 Å². The minimum Gasteiger partial charge on any atom is -0.493 e. The van der Waals surface area contributed by atoms with Gasteiger partial charge in [0.1, 0.15) is 5.82 Å². The normalized spacial score (nSPS) is 10.7. The van der Waals surface area contributed by atoms with Crippen molar-refractivity contribution in [1.82, 2.24) is 4.98 Å². The first-order valence-electron chi connectivity index (χ1n) is 9.56. The van der Waals surface area contributed by atoms with Crippen LogP contribution >= 0.6 is 0 Å². The van der Waals surface area contributed by atoms with Crippen LogP contribution in [0, 0.1) is 0 Å². The highest BCUT2D eigenvalue weighted by atomic mass is 16.5. The lowest BCUT2D eigenvalue weighted by Crippen LogP contribution is -2.13. The number of hydrogen-bond donors (Lipinski definition) is 1. The second kappa shape index (κ2) is 8.39. The van der Waals surface area contributed by atoms with Crippen LogP contribution in [-0.2, 0) is 0 Å². The van der Waals surface area contributed by atoms with Crippen molar-refractivity contribution >= 4 is 33.3 Å². The van der Waals surface area contributed by atoms with Crippen LogP contribution < -0.4 is 24.3 Å². The van der Waals surface area contributed by atoms with Gasteiger partial charge in [0.25, 0.3) is 5.91 Å². The molecule has 0 aliphatic carbocycles. The lowest BCUT2D eigenvalue weighted by molar-refractivity contribution is 0.102. The summed E-state index contributed by atoms with van der Waals surface area (Å²) in [5, 5.41) is 6.10. The van der Waals surface area contributed by atoms with E-state index >= 15 is 0 Å². The Labute approximate surface area is 179 Å². The zero-order valence-electron chi connectivity index (χ0n) is 17.7. The predicted molar refractivity (Wildman–Crippen MR) is 120 cm³/mol. The zero-order chi connectivity index (χ0) is 22.0. The zero-order valence-corrected chi connectivity index (χ0v) is 17.7. The number of pyridine rings is 1. The molecule has 0 saturated carbocycles. The molecule has 0 atom stereocenters. The van der Waals surface area contributed by atoms with Crippen LogP contribution in [0.4, 0.5) is 5.82 Å². The number of methoxy groups -OCH3 is 4. The Bertz CT molecular complexity index is 1270. The van der Waals surface area contributed by atoms with Gasteiger partial charge >= 0.3 is 0 Å². The number of nitrogens with one attached hydrogen (secondary N) is 1. The molecule has 0 aliphatic rings. The minimum absolute atomic E-state index is 0.285. The van der Waals surface area contributed by atoms with Crippen LogP contribution in [0.15, 0.2) is 54.7 Å². The third-order valence-electron chi connectivity index (χ3n) is 5.11. The summed E-state index contributed by atoms with van der Waals surface area (Å²) < 4.78 is 21.9. The van der Waals surface area contributed by atoms with Gasteiger partial charge in [-0.2, -0.15) is 0 Å². The van der Waals surface area contributed by atoms with Crippen molar-refractivity contribution in [3.05, 3.63) is 60.3 Å². The molecule has 1 N–H and O–H groups in total. The lowest BCUT2D eigenvalue weighted by atomic mass is 9.95. The highest BCUT2D eigenvalue weighted by Gasteiger charge is 2.19. The molecule has 0 saturated heterocycles. The van der Waals surface area contributed by atoms with Gasteiger partial charge in [-0.1, -0.05) is 6.07 Å². The van der Waals surface area contributed by atoms with E-state index in [2.05, 4.69) is 10.3 Å². The number of carbonyl (C=O) groups excluding carboxylic acids is 1. The highest BCUT2D eigenvalue weighted by molar-refractivity contribution is 6.20. The molecule has 31 heavy (non-hydrogen) atoms. The molecule has 0 aliphatic heterocycles. The molecule has 1 heterocycles. The van der Waals surface area contributed by atoms with E-state index < -0.39 is 0 Å². The first-order valence-corrected chi connectivity index (χ1v) is 9.56. The van der Waals surface area contributed by atoms with Gasteiger partial charge in [-0.3, -0.25) is 4.79 Å². The summed E-state index contributed by atoms with van der Waals surface area (Å²) >= 11 is 0. The molecule has 0 spiro atoms. The molecule has 7 heteroatoms. The maximum atomic E-state index is 13.2. The molecule has 7 nitrogen and oxygen atoms in total. The summed E-state index contributed by atoms with van der Waals surface area (Å²) in [5.74, 6) is 2.44. The quantitative estimate of drug-likeness (QED) is 0.458. The molecule has 4 rings (SSSR count). The summed E-state index contributed by atoms with van der Waals surface area (Å²) in [6.45, 7) is 0. The first kappa shape index (κ1) is 20.3. The summed E-state index contributed by atoms with van der Waals surface area (Å²) in [7, 11) is 6.30. The van der Waals surface area contributed by atoms with E-state index in [0.717, 1.165) is 16.2 Å². The van der Waals surface area contributed by atoms with E-state index in [-0.39, 0.29) is 5.91 Å². The largest absolute Gasteiger partial charge is 0.493 e. The van der Waals surface area contributed by atoms with Crippen LogP contribution in [0.1, 0.15) is 10.4 Å². The Morgan fingerprint density at radius 1 is 0.742 bits per heavy atom. The third-order valence-corrected chi connectivity index (χ3v) is 5.11. The first-order chi connectivity index (χ1) is 15.1.